The van der Waals surface area contributed by atoms with E-state index < -0.39 is 0 Å². The van der Waals surface area contributed by atoms with Gasteiger partial charge in [0.15, 0.2) is 0 Å². The molecule has 1 N–H and O–H groups in total. The number of nitrogens with one attached hydrogen (secondary N) is 1. The molecule has 2 atom stereocenters. The maximum absolute atomic E-state index is 13.5. The second-order valence-corrected chi connectivity index (χ2v) is 8.58. The number of piperidine rings is 1. The zero-order valence-electron chi connectivity index (χ0n) is 16.1. The molecule has 0 spiro atoms. The summed E-state index contributed by atoms with van der Waals surface area (Å²) in [7, 11) is 0. The lowest BCUT2D eigenvalue weighted by Gasteiger charge is -2.34. The van der Waals surface area contributed by atoms with E-state index in [1.807, 2.05) is 17.0 Å². The molecule has 6 heteroatoms. The molecule has 0 unspecified atom stereocenters. The second kappa shape index (κ2) is 9.67. The molecule has 1 saturated heterocycles. The number of nitrogens with zero attached hydrogens (tertiary/aromatic N) is 1. The van der Waals surface area contributed by atoms with Gasteiger partial charge in [0.2, 0.25) is 5.91 Å². The Hall–Kier alpha value is -1.43. The summed E-state index contributed by atoms with van der Waals surface area (Å²) in [6.07, 6.45) is 1.81. The summed E-state index contributed by atoms with van der Waals surface area (Å²) >= 11 is 1.63. The molecule has 1 aromatic heterocycles. The van der Waals surface area contributed by atoms with Crippen molar-refractivity contribution in [1.82, 2.24) is 10.2 Å². The number of rotatable bonds is 5. The van der Waals surface area contributed by atoms with Gasteiger partial charge < -0.3 is 10.2 Å². The topological polar surface area (TPSA) is 32.3 Å². The number of thiophene rings is 1. The van der Waals surface area contributed by atoms with Crippen LogP contribution in [0.2, 0.25) is 0 Å². The SMILES string of the molecule is CC(C)N(Cc1ccc(-c2cccc(F)c2)s1)C(=O)[C@H]1CCN[C@@H](C)C1.Cl. The third kappa shape index (κ3) is 5.53. The third-order valence-corrected chi connectivity index (χ3v) is 6.10. The van der Waals surface area contributed by atoms with E-state index in [0.717, 1.165) is 34.7 Å². The molecule has 1 fully saturated rings. The normalized spacial score (nSPS) is 19.6. The minimum atomic E-state index is -0.225. The van der Waals surface area contributed by atoms with E-state index in [1.165, 1.54) is 6.07 Å². The van der Waals surface area contributed by atoms with Gasteiger partial charge in [-0.3, -0.25) is 4.79 Å². The van der Waals surface area contributed by atoms with Crippen molar-refractivity contribution >= 4 is 29.7 Å². The van der Waals surface area contributed by atoms with Gasteiger partial charge in [0.25, 0.3) is 0 Å². The van der Waals surface area contributed by atoms with E-state index in [2.05, 4.69) is 32.2 Å². The van der Waals surface area contributed by atoms with E-state index in [1.54, 1.807) is 23.5 Å². The third-order valence-electron chi connectivity index (χ3n) is 4.98. The van der Waals surface area contributed by atoms with Gasteiger partial charge in [0.05, 0.1) is 6.54 Å². The molecule has 1 aliphatic rings. The summed E-state index contributed by atoms with van der Waals surface area (Å²) in [4.78, 5) is 17.2. The van der Waals surface area contributed by atoms with Crippen LogP contribution in [0, 0.1) is 11.7 Å². The molecule has 0 aliphatic carbocycles. The molecular formula is C21H28ClFN2OS. The van der Waals surface area contributed by atoms with Crippen LogP contribution in [-0.2, 0) is 11.3 Å². The highest BCUT2D eigenvalue weighted by atomic mass is 35.5. The molecule has 2 aromatic rings. The van der Waals surface area contributed by atoms with Crippen LogP contribution < -0.4 is 5.32 Å². The molecule has 1 amide bonds. The summed E-state index contributed by atoms with van der Waals surface area (Å²) in [5.41, 5.74) is 0.885. The van der Waals surface area contributed by atoms with Crippen molar-refractivity contribution in [3.05, 3.63) is 47.1 Å². The number of hydrogen-bond acceptors (Lipinski definition) is 3. The van der Waals surface area contributed by atoms with Crippen LogP contribution in [0.3, 0.4) is 0 Å². The minimum absolute atomic E-state index is 0. The first-order valence-corrected chi connectivity index (χ1v) is 10.1. The highest BCUT2D eigenvalue weighted by molar-refractivity contribution is 7.15. The summed E-state index contributed by atoms with van der Waals surface area (Å²) in [6, 6.07) is 11.3. The van der Waals surface area contributed by atoms with E-state index >= 15 is 0 Å². The van der Waals surface area contributed by atoms with Gasteiger partial charge >= 0.3 is 0 Å². The summed E-state index contributed by atoms with van der Waals surface area (Å²) < 4.78 is 13.5. The van der Waals surface area contributed by atoms with Crippen LogP contribution in [0.25, 0.3) is 10.4 Å². The Kier molecular flexibility index (Phi) is 7.83. The van der Waals surface area contributed by atoms with Crippen molar-refractivity contribution < 1.29 is 9.18 Å². The highest BCUT2D eigenvalue weighted by Gasteiger charge is 2.30. The van der Waals surface area contributed by atoms with Gasteiger partial charge in [-0.05, 0) is 70.0 Å². The molecule has 1 aliphatic heterocycles. The van der Waals surface area contributed by atoms with Crippen molar-refractivity contribution in [1.29, 1.82) is 0 Å². The molecule has 0 saturated carbocycles. The smallest absolute Gasteiger partial charge is 0.226 e. The maximum atomic E-state index is 13.5. The Morgan fingerprint density at radius 3 is 2.78 bits per heavy atom. The molecule has 0 bridgehead atoms. The Bertz CT molecular complexity index is 764. The summed E-state index contributed by atoms with van der Waals surface area (Å²) in [5.74, 6) is 0.141. The van der Waals surface area contributed by atoms with Gasteiger partial charge in [0.1, 0.15) is 5.82 Å². The van der Waals surface area contributed by atoms with E-state index in [9.17, 15) is 9.18 Å². The van der Waals surface area contributed by atoms with E-state index in [0.29, 0.717) is 12.6 Å². The maximum Gasteiger partial charge on any atom is 0.226 e. The number of hydrogen-bond donors (Lipinski definition) is 1. The Morgan fingerprint density at radius 1 is 1.33 bits per heavy atom. The van der Waals surface area contributed by atoms with Crippen LogP contribution >= 0.6 is 23.7 Å². The number of carbonyl (C=O) groups is 1. The highest BCUT2D eigenvalue weighted by Crippen LogP contribution is 2.30. The molecule has 0 radical (unpaired) electrons. The first-order valence-electron chi connectivity index (χ1n) is 9.32. The van der Waals surface area contributed by atoms with Crippen LogP contribution in [0.4, 0.5) is 4.39 Å². The Labute approximate surface area is 171 Å². The van der Waals surface area contributed by atoms with Crippen molar-refractivity contribution in [2.45, 2.75) is 52.2 Å². The van der Waals surface area contributed by atoms with Crippen molar-refractivity contribution in [3.63, 3.8) is 0 Å². The monoisotopic (exact) mass is 410 g/mol. The van der Waals surface area contributed by atoms with E-state index in [-0.39, 0.29) is 36.1 Å². The predicted molar refractivity (Wildman–Crippen MR) is 113 cm³/mol. The van der Waals surface area contributed by atoms with Gasteiger partial charge in [0, 0.05) is 27.8 Å². The fraction of sp³-hybridized carbons (Fsp3) is 0.476. The zero-order valence-corrected chi connectivity index (χ0v) is 17.7. The largest absolute Gasteiger partial charge is 0.335 e. The van der Waals surface area contributed by atoms with Crippen LogP contribution in [0.5, 0.6) is 0 Å². The van der Waals surface area contributed by atoms with Crippen LogP contribution in [0.15, 0.2) is 36.4 Å². The second-order valence-electron chi connectivity index (χ2n) is 7.41. The summed E-state index contributed by atoms with van der Waals surface area (Å²) in [6.45, 7) is 7.82. The fourth-order valence-electron chi connectivity index (χ4n) is 3.53. The van der Waals surface area contributed by atoms with Gasteiger partial charge in [-0.2, -0.15) is 0 Å². The number of benzene rings is 1. The Morgan fingerprint density at radius 2 is 2.11 bits per heavy atom. The van der Waals surface area contributed by atoms with Gasteiger partial charge in [-0.15, -0.1) is 23.7 Å². The average Bonchev–Trinajstić information content (AvgIpc) is 3.07. The molecule has 3 nitrogen and oxygen atoms in total. The lowest BCUT2D eigenvalue weighted by atomic mass is 9.91. The Balaban J connectivity index is 0.00000261. The molecule has 1 aromatic carbocycles. The van der Waals surface area contributed by atoms with Crippen molar-refractivity contribution in [2.75, 3.05) is 6.54 Å². The number of carbonyl (C=O) groups excluding carboxylic acids is 1. The van der Waals surface area contributed by atoms with Gasteiger partial charge in [-0.1, -0.05) is 12.1 Å². The fourth-order valence-corrected chi connectivity index (χ4v) is 4.54. The average molecular weight is 411 g/mol. The summed E-state index contributed by atoms with van der Waals surface area (Å²) in [5, 5.41) is 3.41. The van der Waals surface area contributed by atoms with Crippen molar-refractivity contribution in [2.24, 2.45) is 5.92 Å². The molecule has 148 valence electrons. The molecule has 2 heterocycles. The first kappa shape index (κ1) is 21.9. The number of halogens is 2. The van der Waals surface area contributed by atoms with Crippen LogP contribution in [0.1, 0.15) is 38.5 Å². The number of amides is 1. The van der Waals surface area contributed by atoms with E-state index in [4.69, 9.17) is 0 Å². The minimum Gasteiger partial charge on any atom is -0.335 e. The molecule has 27 heavy (non-hydrogen) atoms. The standard InChI is InChI=1S/C21H27FN2OS.ClH/c1-14(2)24(21(25)17-9-10-23-15(3)11-17)13-19-7-8-20(26-19)16-5-4-6-18(22)12-16;/h4-8,12,14-15,17,23H,9-11,13H2,1-3H3;1H/t15-,17-;/m0./s1. The zero-order chi connectivity index (χ0) is 18.7. The lowest BCUT2D eigenvalue weighted by molar-refractivity contribution is -0.139. The van der Waals surface area contributed by atoms with Crippen LogP contribution in [-0.4, -0.2) is 29.4 Å². The first-order chi connectivity index (χ1) is 12.4. The van der Waals surface area contributed by atoms with Crippen molar-refractivity contribution in [3.8, 4) is 10.4 Å². The lowest BCUT2D eigenvalue weighted by Crippen LogP contribution is -2.46. The molecular weight excluding hydrogens is 383 g/mol. The molecule has 3 rings (SSSR count). The predicted octanol–water partition coefficient (Wildman–Crippen LogP) is 5.10. The quantitative estimate of drug-likeness (QED) is 0.743. The van der Waals surface area contributed by atoms with Gasteiger partial charge in [-0.25, -0.2) is 4.39 Å².